The summed E-state index contributed by atoms with van der Waals surface area (Å²) in [6.45, 7) is 13.9. The first-order valence-corrected chi connectivity index (χ1v) is 14.1. The van der Waals surface area contributed by atoms with Crippen LogP contribution in [0.2, 0.25) is 0 Å². The molecule has 0 saturated carbocycles. The Morgan fingerprint density at radius 3 is 2.59 bits per heavy atom. The molecule has 1 unspecified atom stereocenters. The molecule has 2 aromatic heterocycles. The molecule has 216 valence electrons. The first kappa shape index (κ1) is 28.3. The van der Waals surface area contributed by atoms with Gasteiger partial charge in [0.2, 0.25) is 0 Å². The average Bonchev–Trinajstić information content (AvgIpc) is 2.92. The monoisotopic (exact) mass is 558 g/mol. The van der Waals surface area contributed by atoms with Gasteiger partial charge in [-0.15, -0.1) is 0 Å². The fourth-order valence-electron chi connectivity index (χ4n) is 5.84. The number of benzene rings is 1. The van der Waals surface area contributed by atoms with E-state index in [4.69, 9.17) is 14.7 Å². The van der Waals surface area contributed by atoms with Crippen molar-refractivity contribution in [1.29, 1.82) is 0 Å². The second-order valence-electron chi connectivity index (χ2n) is 11.8. The maximum atomic E-state index is 13.8. The van der Waals surface area contributed by atoms with E-state index in [1.54, 1.807) is 20.0 Å². The van der Waals surface area contributed by atoms with Gasteiger partial charge < -0.3 is 25.0 Å². The number of hydrogen-bond acceptors (Lipinski definition) is 8. The molecule has 1 aromatic carbocycles. The van der Waals surface area contributed by atoms with E-state index < -0.39 is 11.5 Å². The number of carbonyl (C=O) groups excluding carboxylic acids is 1. The van der Waals surface area contributed by atoms with Gasteiger partial charge >= 0.3 is 5.97 Å². The van der Waals surface area contributed by atoms with Crippen LogP contribution in [0, 0.1) is 13.8 Å². The summed E-state index contributed by atoms with van der Waals surface area (Å²) in [5.74, 6) is 1.20. The predicted molar refractivity (Wildman–Crippen MR) is 157 cm³/mol. The van der Waals surface area contributed by atoms with Crippen LogP contribution in [0.15, 0.2) is 36.5 Å². The number of ether oxygens (including phenoxy) is 1. The smallest absolute Gasteiger partial charge is 0.337 e. The Morgan fingerprint density at radius 1 is 1.15 bits per heavy atom. The van der Waals surface area contributed by atoms with Crippen molar-refractivity contribution in [2.75, 3.05) is 36.5 Å². The average molecular weight is 559 g/mol. The van der Waals surface area contributed by atoms with Crippen LogP contribution in [-0.4, -0.2) is 68.6 Å². The third-order valence-electron chi connectivity index (χ3n) is 7.90. The number of aromatic carboxylic acids is 1. The van der Waals surface area contributed by atoms with Gasteiger partial charge in [-0.05, 0) is 51.3 Å². The summed E-state index contributed by atoms with van der Waals surface area (Å²) in [7, 11) is 0. The molecule has 3 aromatic rings. The number of carboxylic acid groups (broad SMARTS) is 1. The van der Waals surface area contributed by atoms with Gasteiger partial charge in [0.25, 0.3) is 5.91 Å². The SMILES string of the molecule is Cc1cc(N2CCN(C(=O)c3cnc(NC4CCOc5ccccc54)c(C(C)C)n3)C(C)(C)C2)nc(C)c1C(=O)O. The quantitative estimate of drug-likeness (QED) is 0.431. The number of amides is 1. The second kappa shape index (κ2) is 11.0. The van der Waals surface area contributed by atoms with E-state index >= 15 is 0 Å². The van der Waals surface area contributed by atoms with Crippen LogP contribution >= 0.6 is 0 Å². The number of aryl methyl sites for hydroxylation is 2. The Hall–Kier alpha value is -4.21. The fourth-order valence-corrected chi connectivity index (χ4v) is 5.84. The molecule has 2 N–H and O–H groups in total. The largest absolute Gasteiger partial charge is 0.493 e. The third-order valence-corrected chi connectivity index (χ3v) is 7.90. The van der Waals surface area contributed by atoms with Crippen LogP contribution in [0.4, 0.5) is 11.6 Å². The van der Waals surface area contributed by atoms with E-state index in [9.17, 15) is 14.7 Å². The normalized spacial score (nSPS) is 18.1. The van der Waals surface area contributed by atoms with E-state index in [1.165, 1.54) is 0 Å². The van der Waals surface area contributed by atoms with Crippen molar-refractivity contribution in [3.05, 3.63) is 70.3 Å². The summed E-state index contributed by atoms with van der Waals surface area (Å²) < 4.78 is 5.81. The van der Waals surface area contributed by atoms with Gasteiger partial charge in [-0.3, -0.25) is 4.79 Å². The molecule has 5 rings (SSSR count). The lowest BCUT2D eigenvalue weighted by Gasteiger charge is -2.47. The van der Waals surface area contributed by atoms with Crippen molar-refractivity contribution in [3.63, 3.8) is 0 Å². The number of rotatable bonds is 6. The molecular weight excluding hydrogens is 520 g/mol. The summed E-state index contributed by atoms with van der Waals surface area (Å²) >= 11 is 0. The summed E-state index contributed by atoms with van der Waals surface area (Å²) in [4.78, 5) is 43.5. The molecule has 2 aliphatic heterocycles. The number of carboxylic acids is 1. The zero-order valence-electron chi connectivity index (χ0n) is 24.6. The van der Waals surface area contributed by atoms with Gasteiger partial charge in [-0.1, -0.05) is 32.0 Å². The first-order chi connectivity index (χ1) is 19.5. The van der Waals surface area contributed by atoms with E-state index in [1.807, 2.05) is 43.0 Å². The van der Waals surface area contributed by atoms with Crippen molar-refractivity contribution in [3.8, 4) is 5.75 Å². The van der Waals surface area contributed by atoms with Crippen molar-refractivity contribution >= 4 is 23.5 Å². The predicted octanol–water partition coefficient (Wildman–Crippen LogP) is 4.99. The lowest BCUT2D eigenvalue weighted by atomic mass is 9.97. The molecule has 10 heteroatoms. The number of fused-ring (bicyclic) bond motifs is 1. The van der Waals surface area contributed by atoms with Gasteiger partial charge in [0.15, 0.2) is 0 Å². The molecule has 0 spiro atoms. The van der Waals surface area contributed by atoms with Gasteiger partial charge in [0, 0.05) is 31.6 Å². The number of nitrogens with zero attached hydrogens (tertiary/aromatic N) is 5. The topological polar surface area (TPSA) is 121 Å². The number of piperazine rings is 1. The summed E-state index contributed by atoms with van der Waals surface area (Å²) in [5.41, 5.74) is 3.04. The number of carbonyl (C=O) groups is 2. The number of pyridine rings is 1. The lowest BCUT2D eigenvalue weighted by Crippen LogP contribution is -2.61. The number of anilines is 2. The third kappa shape index (κ3) is 5.55. The summed E-state index contributed by atoms with van der Waals surface area (Å²) in [6, 6.07) is 9.87. The maximum absolute atomic E-state index is 13.8. The van der Waals surface area contributed by atoms with Crippen LogP contribution in [0.3, 0.4) is 0 Å². The van der Waals surface area contributed by atoms with Crippen LogP contribution in [0.5, 0.6) is 5.75 Å². The molecule has 41 heavy (non-hydrogen) atoms. The zero-order valence-corrected chi connectivity index (χ0v) is 24.6. The van der Waals surface area contributed by atoms with Crippen molar-refractivity contribution in [2.24, 2.45) is 0 Å². The minimum absolute atomic E-state index is 0.0470. The van der Waals surface area contributed by atoms with Crippen LogP contribution in [0.1, 0.15) is 89.4 Å². The van der Waals surface area contributed by atoms with Gasteiger partial charge in [-0.2, -0.15) is 0 Å². The molecule has 0 aliphatic carbocycles. The van der Waals surface area contributed by atoms with E-state index in [2.05, 4.69) is 35.1 Å². The first-order valence-electron chi connectivity index (χ1n) is 14.1. The van der Waals surface area contributed by atoms with Gasteiger partial charge in [0.1, 0.15) is 23.1 Å². The molecular formula is C31H38N6O4. The number of hydrogen-bond donors (Lipinski definition) is 2. The Labute approximate surface area is 240 Å². The molecule has 10 nitrogen and oxygen atoms in total. The molecule has 0 bridgehead atoms. The number of nitrogens with one attached hydrogen (secondary N) is 1. The van der Waals surface area contributed by atoms with Crippen LogP contribution in [-0.2, 0) is 0 Å². The Kier molecular flexibility index (Phi) is 7.59. The zero-order chi connectivity index (χ0) is 29.5. The Morgan fingerprint density at radius 2 is 1.90 bits per heavy atom. The Balaban J connectivity index is 1.35. The molecule has 1 saturated heterocycles. The van der Waals surface area contributed by atoms with Gasteiger partial charge in [-0.25, -0.2) is 19.7 Å². The highest BCUT2D eigenvalue weighted by atomic mass is 16.5. The highest BCUT2D eigenvalue weighted by molar-refractivity contribution is 5.93. The van der Waals surface area contributed by atoms with E-state index in [0.29, 0.717) is 49.0 Å². The molecule has 1 atom stereocenters. The van der Waals surface area contributed by atoms with E-state index in [0.717, 1.165) is 29.2 Å². The summed E-state index contributed by atoms with van der Waals surface area (Å²) in [6.07, 6.45) is 2.38. The van der Waals surface area contributed by atoms with Crippen molar-refractivity contribution in [2.45, 2.75) is 65.5 Å². The van der Waals surface area contributed by atoms with E-state index in [-0.39, 0.29) is 23.4 Å². The highest BCUT2D eigenvalue weighted by Gasteiger charge is 2.39. The standard InChI is InChI=1S/C31H38N6O4/c1-18(2)27-28(35-22-11-14-41-24-10-8-7-9-21(22)24)32-16-23(34-27)29(38)37-13-12-36(17-31(37,5)6)25-15-19(3)26(30(39)40)20(4)33-25/h7-10,15-16,18,22H,11-14,17H2,1-6H3,(H,32,35)(H,39,40). The Bertz CT molecular complexity index is 1460. The number of aromatic nitrogens is 3. The summed E-state index contributed by atoms with van der Waals surface area (Å²) in [5, 5.41) is 13.1. The molecule has 2 aliphatic rings. The molecule has 1 fully saturated rings. The minimum Gasteiger partial charge on any atom is -0.493 e. The second-order valence-corrected chi connectivity index (χ2v) is 11.8. The lowest BCUT2D eigenvalue weighted by molar-refractivity contribution is 0.0506. The van der Waals surface area contributed by atoms with Crippen LogP contribution < -0.4 is 15.0 Å². The van der Waals surface area contributed by atoms with Crippen LogP contribution in [0.25, 0.3) is 0 Å². The van der Waals surface area contributed by atoms with Gasteiger partial charge in [0.05, 0.1) is 41.3 Å². The molecule has 1 amide bonds. The molecule has 0 radical (unpaired) electrons. The van der Waals surface area contributed by atoms with Crippen molar-refractivity contribution in [1.82, 2.24) is 19.9 Å². The fraction of sp³-hybridized carbons (Fsp3) is 0.452. The number of para-hydroxylation sites is 1. The maximum Gasteiger partial charge on any atom is 0.337 e. The minimum atomic E-state index is -0.976. The highest BCUT2D eigenvalue weighted by Crippen LogP contribution is 2.35. The van der Waals surface area contributed by atoms with Crippen molar-refractivity contribution < 1.29 is 19.4 Å². The molecule has 4 heterocycles.